The fraction of sp³-hybridized carbons (Fsp3) is 0.0833. The Labute approximate surface area is 200 Å². The number of carbonyl (C=O) groups is 2. The first-order chi connectivity index (χ1) is 16.5. The standard InChI is InChI=1S/C24H14ClF3N2O5/c25-15-10-8-13(9-11-15)21(31)19-20(17-6-1-2-7-18(17)30(34)35)29(23(33)22(19)32)16-5-3-4-14(12-16)24(26,27)28/h1-12,20,31H/t20-/m1/s1. The van der Waals surface area contributed by atoms with Gasteiger partial charge in [0.2, 0.25) is 0 Å². The van der Waals surface area contributed by atoms with Crippen LogP contribution in [0.25, 0.3) is 5.76 Å². The number of anilines is 1. The van der Waals surface area contributed by atoms with Crippen LogP contribution in [-0.4, -0.2) is 21.7 Å². The number of benzene rings is 3. The lowest BCUT2D eigenvalue weighted by atomic mass is 9.94. The molecule has 1 aliphatic rings. The summed E-state index contributed by atoms with van der Waals surface area (Å²) in [7, 11) is 0. The van der Waals surface area contributed by atoms with E-state index in [4.69, 9.17) is 11.6 Å². The summed E-state index contributed by atoms with van der Waals surface area (Å²) in [5, 5.41) is 23.0. The molecule has 1 amide bonds. The minimum Gasteiger partial charge on any atom is -0.507 e. The highest BCUT2D eigenvalue weighted by atomic mass is 35.5. The fourth-order valence-corrected chi connectivity index (χ4v) is 4.00. The second-order valence-corrected chi connectivity index (χ2v) is 7.98. The van der Waals surface area contributed by atoms with Gasteiger partial charge in [-0.25, -0.2) is 0 Å². The molecule has 35 heavy (non-hydrogen) atoms. The number of amides is 1. The number of carbonyl (C=O) groups excluding carboxylic acids is 2. The Hall–Kier alpha value is -4.18. The molecule has 1 saturated heterocycles. The van der Waals surface area contributed by atoms with Gasteiger partial charge in [-0.3, -0.25) is 24.6 Å². The van der Waals surface area contributed by atoms with Gasteiger partial charge in [-0.05, 0) is 48.5 Å². The van der Waals surface area contributed by atoms with E-state index < -0.39 is 51.4 Å². The van der Waals surface area contributed by atoms with E-state index in [1.54, 1.807) is 0 Å². The SMILES string of the molecule is O=C1C(=O)N(c2cccc(C(F)(F)F)c2)[C@H](c2ccccc2[N+](=O)[O-])C1=C(O)c1ccc(Cl)cc1. The maximum Gasteiger partial charge on any atom is 0.416 e. The first-order valence-electron chi connectivity index (χ1n) is 9.98. The maximum absolute atomic E-state index is 13.4. The molecule has 11 heteroatoms. The molecule has 0 unspecified atom stereocenters. The lowest BCUT2D eigenvalue weighted by Gasteiger charge is -2.25. The monoisotopic (exact) mass is 502 g/mol. The van der Waals surface area contributed by atoms with Crippen molar-refractivity contribution in [2.45, 2.75) is 12.2 Å². The van der Waals surface area contributed by atoms with E-state index in [9.17, 15) is 38.0 Å². The Balaban J connectivity index is 2.01. The van der Waals surface area contributed by atoms with Crippen LogP contribution >= 0.6 is 11.6 Å². The molecule has 0 radical (unpaired) electrons. The number of aliphatic hydroxyl groups excluding tert-OH is 1. The van der Waals surface area contributed by atoms with Crippen molar-refractivity contribution in [3.63, 3.8) is 0 Å². The normalized spacial score (nSPS) is 17.6. The number of hydrogen-bond donors (Lipinski definition) is 1. The van der Waals surface area contributed by atoms with Crippen LogP contribution in [0.2, 0.25) is 5.02 Å². The Morgan fingerprint density at radius 2 is 1.66 bits per heavy atom. The second-order valence-electron chi connectivity index (χ2n) is 7.54. The smallest absolute Gasteiger partial charge is 0.416 e. The molecular formula is C24H14ClF3N2O5. The van der Waals surface area contributed by atoms with Gasteiger partial charge in [0.25, 0.3) is 17.4 Å². The molecule has 0 aromatic heterocycles. The lowest BCUT2D eigenvalue weighted by Crippen LogP contribution is -2.30. The molecule has 7 nitrogen and oxygen atoms in total. The van der Waals surface area contributed by atoms with E-state index in [0.717, 1.165) is 23.1 Å². The highest BCUT2D eigenvalue weighted by Crippen LogP contribution is 2.45. The molecule has 1 atom stereocenters. The van der Waals surface area contributed by atoms with Crippen molar-refractivity contribution < 1.29 is 32.8 Å². The van der Waals surface area contributed by atoms with E-state index in [1.807, 2.05) is 0 Å². The minimum atomic E-state index is -4.75. The van der Waals surface area contributed by atoms with Crippen molar-refractivity contribution in [2.24, 2.45) is 0 Å². The molecule has 3 aromatic carbocycles. The molecular weight excluding hydrogens is 489 g/mol. The number of ketones is 1. The Bertz CT molecular complexity index is 1390. The van der Waals surface area contributed by atoms with Crippen molar-refractivity contribution in [1.29, 1.82) is 0 Å². The van der Waals surface area contributed by atoms with Crippen LogP contribution in [0, 0.1) is 10.1 Å². The zero-order valence-corrected chi connectivity index (χ0v) is 18.2. The predicted octanol–water partition coefficient (Wildman–Crippen LogP) is 5.89. The zero-order valence-electron chi connectivity index (χ0n) is 17.5. The Kier molecular flexibility index (Phi) is 6.08. The molecule has 1 N–H and O–H groups in total. The number of alkyl halides is 3. The highest BCUT2D eigenvalue weighted by Gasteiger charge is 2.49. The summed E-state index contributed by atoms with van der Waals surface area (Å²) in [6, 6.07) is 12.8. The van der Waals surface area contributed by atoms with Gasteiger partial charge in [0, 0.05) is 22.3 Å². The van der Waals surface area contributed by atoms with Crippen LogP contribution in [0.3, 0.4) is 0 Å². The quantitative estimate of drug-likeness (QED) is 0.157. The van der Waals surface area contributed by atoms with Gasteiger partial charge in [-0.2, -0.15) is 13.2 Å². The van der Waals surface area contributed by atoms with Gasteiger partial charge in [-0.15, -0.1) is 0 Å². The topological polar surface area (TPSA) is 101 Å². The summed E-state index contributed by atoms with van der Waals surface area (Å²) in [6.07, 6.45) is -4.75. The number of halogens is 4. The van der Waals surface area contributed by atoms with Gasteiger partial charge in [0.05, 0.1) is 21.6 Å². The lowest BCUT2D eigenvalue weighted by molar-refractivity contribution is -0.385. The number of nitro groups is 1. The van der Waals surface area contributed by atoms with Crippen LogP contribution in [0.1, 0.15) is 22.7 Å². The van der Waals surface area contributed by atoms with Crippen molar-refractivity contribution in [1.82, 2.24) is 0 Å². The van der Waals surface area contributed by atoms with Crippen LogP contribution in [0.15, 0.2) is 78.4 Å². The van der Waals surface area contributed by atoms with Gasteiger partial charge >= 0.3 is 6.18 Å². The third kappa shape index (κ3) is 4.35. The van der Waals surface area contributed by atoms with Crippen LogP contribution in [0.4, 0.5) is 24.5 Å². The summed E-state index contributed by atoms with van der Waals surface area (Å²) in [5.41, 5.74) is -2.48. The van der Waals surface area contributed by atoms with E-state index >= 15 is 0 Å². The number of aliphatic hydroxyl groups is 1. The van der Waals surface area contributed by atoms with Crippen molar-refractivity contribution in [2.75, 3.05) is 4.90 Å². The van der Waals surface area contributed by atoms with Crippen LogP contribution in [-0.2, 0) is 15.8 Å². The van der Waals surface area contributed by atoms with Crippen molar-refractivity contribution in [3.05, 3.63) is 110 Å². The van der Waals surface area contributed by atoms with Gasteiger partial charge in [0.15, 0.2) is 0 Å². The summed E-state index contributed by atoms with van der Waals surface area (Å²) in [4.78, 5) is 37.9. The Morgan fingerprint density at radius 1 is 1.00 bits per heavy atom. The third-order valence-corrected chi connectivity index (χ3v) is 5.69. The van der Waals surface area contributed by atoms with Gasteiger partial charge in [0.1, 0.15) is 11.8 Å². The molecule has 178 valence electrons. The van der Waals surface area contributed by atoms with Gasteiger partial charge in [-0.1, -0.05) is 29.8 Å². The fourth-order valence-electron chi connectivity index (χ4n) is 3.87. The number of hydrogen-bond acceptors (Lipinski definition) is 5. The average Bonchev–Trinajstić information content (AvgIpc) is 3.09. The molecule has 0 saturated carbocycles. The largest absolute Gasteiger partial charge is 0.507 e. The van der Waals surface area contributed by atoms with Gasteiger partial charge < -0.3 is 5.11 Å². The van der Waals surface area contributed by atoms with E-state index in [2.05, 4.69) is 0 Å². The van der Waals surface area contributed by atoms with E-state index in [1.165, 1.54) is 48.5 Å². The van der Waals surface area contributed by atoms with E-state index in [-0.39, 0.29) is 16.8 Å². The zero-order chi connectivity index (χ0) is 25.5. The summed E-state index contributed by atoms with van der Waals surface area (Å²) < 4.78 is 40.1. The summed E-state index contributed by atoms with van der Waals surface area (Å²) >= 11 is 5.87. The number of rotatable bonds is 4. The first-order valence-corrected chi connectivity index (χ1v) is 10.4. The molecule has 0 bridgehead atoms. The number of para-hydroxylation sites is 1. The molecule has 4 rings (SSSR count). The predicted molar refractivity (Wildman–Crippen MR) is 121 cm³/mol. The van der Waals surface area contributed by atoms with Crippen molar-refractivity contribution in [3.8, 4) is 0 Å². The summed E-state index contributed by atoms with van der Waals surface area (Å²) in [5.74, 6) is -3.11. The first kappa shape index (κ1) is 24.0. The molecule has 1 aliphatic heterocycles. The third-order valence-electron chi connectivity index (χ3n) is 5.44. The summed E-state index contributed by atoms with van der Waals surface area (Å²) in [6.45, 7) is 0. The van der Waals surface area contributed by atoms with E-state index in [0.29, 0.717) is 11.1 Å². The molecule has 0 aliphatic carbocycles. The Morgan fingerprint density at radius 3 is 2.29 bits per heavy atom. The minimum absolute atomic E-state index is 0.0834. The molecule has 1 fully saturated rings. The molecule has 1 heterocycles. The number of nitrogens with zero attached hydrogens (tertiary/aromatic N) is 2. The highest BCUT2D eigenvalue weighted by molar-refractivity contribution is 6.51. The maximum atomic E-state index is 13.4. The van der Waals surface area contributed by atoms with Crippen LogP contribution in [0.5, 0.6) is 0 Å². The molecule has 3 aromatic rings. The van der Waals surface area contributed by atoms with Crippen LogP contribution < -0.4 is 4.90 Å². The number of nitro benzene ring substituents is 1. The second kappa shape index (κ2) is 8.88. The number of Topliss-reactive ketones (excluding diaryl/α,β-unsaturated/α-hetero) is 1. The molecule has 0 spiro atoms. The average molecular weight is 503 g/mol. The van der Waals surface area contributed by atoms with Crippen molar-refractivity contribution >= 4 is 40.4 Å².